The van der Waals surface area contributed by atoms with Crippen molar-refractivity contribution in [1.29, 1.82) is 0 Å². The standard InChI is InChI=1S/C14H19NO4/c16-13(15-7-3-1-2-4-8-15)11-9-5-6-10(19-9)12(11)14(17)18/h5-6,9-12H,1-4,7-8H2,(H,17,18)/t9-,10-,11-,12-/m0/s1. The molecule has 0 aliphatic carbocycles. The minimum Gasteiger partial charge on any atom is -0.481 e. The maximum atomic E-state index is 12.6. The minimum atomic E-state index is -0.926. The highest BCUT2D eigenvalue weighted by Crippen LogP contribution is 2.40. The van der Waals surface area contributed by atoms with Crippen LogP contribution >= 0.6 is 0 Å². The molecule has 0 aromatic heterocycles. The quantitative estimate of drug-likeness (QED) is 0.758. The molecule has 0 aromatic rings. The number of amides is 1. The van der Waals surface area contributed by atoms with Crippen LogP contribution < -0.4 is 0 Å². The SMILES string of the molecule is O=C(O)[C@@H]1[C@@H](C(=O)N2CCCCCC2)[C@@H]2C=C[C@@H]1O2. The lowest BCUT2D eigenvalue weighted by Gasteiger charge is -2.28. The van der Waals surface area contributed by atoms with Gasteiger partial charge in [0.25, 0.3) is 0 Å². The summed E-state index contributed by atoms with van der Waals surface area (Å²) in [6.07, 6.45) is 7.17. The van der Waals surface area contributed by atoms with Crippen LogP contribution in [0.15, 0.2) is 12.2 Å². The third-order valence-corrected chi connectivity index (χ3v) is 4.39. The minimum absolute atomic E-state index is 0.0360. The summed E-state index contributed by atoms with van der Waals surface area (Å²) >= 11 is 0. The van der Waals surface area contributed by atoms with E-state index in [1.807, 2.05) is 11.0 Å². The number of carbonyl (C=O) groups is 2. The molecule has 0 saturated carbocycles. The smallest absolute Gasteiger partial charge is 0.310 e. The van der Waals surface area contributed by atoms with Crippen LogP contribution in [0.3, 0.4) is 0 Å². The molecule has 0 radical (unpaired) electrons. The average Bonchev–Trinajstić information content (AvgIpc) is 2.89. The molecular formula is C14H19NO4. The molecule has 2 fully saturated rings. The Kier molecular flexibility index (Phi) is 3.31. The van der Waals surface area contributed by atoms with E-state index in [0.717, 1.165) is 38.8 Å². The maximum absolute atomic E-state index is 12.6. The number of nitrogens with zero attached hydrogens (tertiary/aromatic N) is 1. The van der Waals surface area contributed by atoms with Crippen LogP contribution in [0.4, 0.5) is 0 Å². The Labute approximate surface area is 112 Å². The van der Waals surface area contributed by atoms with Crippen LogP contribution in [0.5, 0.6) is 0 Å². The third kappa shape index (κ3) is 2.16. The van der Waals surface area contributed by atoms with E-state index in [4.69, 9.17) is 4.74 Å². The summed E-state index contributed by atoms with van der Waals surface area (Å²) in [5.41, 5.74) is 0. The molecule has 3 aliphatic heterocycles. The van der Waals surface area contributed by atoms with E-state index in [1.165, 1.54) is 0 Å². The van der Waals surface area contributed by atoms with Gasteiger partial charge in [-0.25, -0.2) is 0 Å². The predicted octanol–water partition coefficient (Wildman–Crippen LogP) is 1.04. The molecule has 5 nitrogen and oxygen atoms in total. The molecular weight excluding hydrogens is 246 g/mol. The van der Waals surface area contributed by atoms with Gasteiger partial charge in [0.2, 0.25) is 5.91 Å². The Morgan fingerprint density at radius 1 is 1.00 bits per heavy atom. The topological polar surface area (TPSA) is 66.8 Å². The largest absolute Gasteiger partial charge is 0.481 e. The van der Waals surface area contributed by atoms with Crippen LogP contribution in [0.25, 0.3) is 0 Å². The van der Waals surface area contributed by atoms with Crippen molar-refractivity contribution in [2.75, 3.05) is 13.1 Å². The summed E-state index contributed by atoms with van der Waals surface area (Å²) in [5, 5.41) is 9.32. The molecule has 1 N–H and O–H groups in total. The van der Waals surface area contributed by atoms with Gasteiger partial charge in [0.15, 0.2) is 0 Å². The first-order chi connectivity index (χ1) is 9.18. The van der Waals surface area contributed by atoms with Gasteiger partial charge in [-0.3, -0.25) is 9.59 Å². The summed E-state index contributed by atoms with van der Waals surface area (Å²) < 4.78 is 5.56. The Hall–Kier alpha value is -1.36. The molecule has 4 atom stereocenters. The zero-order chi connectivity index (χ0) is 13.4. The van der Waals surface area contributed by atoms with Crippen molar-refractivity contribution in [2.45, 2.75) is 37.9 Å². The fraction of sp³-hybridized carbons (Fsp3) is 0.714. The van der Waals surface area contributed by atoms with Gasteiger partial charge in [-0.1, -0.05) is 25.0 Å². The molecule has 5 heteroatoms. The van der Waals surface area contributed by atoms with Gasteiger partial charge in [-0.15, -0.1) is 0 Å². The van der Waals surface area contributed by atoms with Crippen LogP contribution in [0.2, 0.25) is 0 Å². The van der Waals surface area contributed by atoms with Crippen molar-refractivity contribution in [3.63, 3.8) is 0 Å². The van der Waals surface area contributed by atoms with E-state index in [2.05, 4.69) is 0 Å². The summed E-state index contributed by atoms with van der Waals surface area (Å²) in [6.45, 7) is 1.51. The van der Waals surface area contributed by atoms with E-state index in [-0.39, 0.29) is 12.0 Å². The fourth-order valence-corrected chi connectivity index (χ4v) is 3.40. The lowest BCUT2D eigenvalue weighted by atomic mass is 9.82. The van der Waals surface area contributed by atoms with Crippen LogP contribution in [-0.4, -0.2) is 47.2 Å². The lowest BCUT2D eigenvalue weighted by Crippen LogP contribution is -2.45. The van der Waals surface area contributed by atoms with Crippen molar-refractivity contribution in [3.8, 4) is 0 Å². The van der Waals surface area contributed by atoms with Crippen molar-refractivity contribution in [1.82, 2.24) is 4.90 Å². The number of fused-ring (bicyclic) bond motifs is 2. The van der Waals surface area contributed by atoms with Gasteiger partial charge in [-0.05, 0) is 12.8 Å². The van der Waals surface area contributed by atoms with E-state index in [1.54, 1.807) is 6.08 Å². The highest BCUT2D eigenvalue weighted by molar-refractivity contribution is 5.87. The number of carboxylic acids is 1. The summed E-state index contributed by atoms with van der Waals surface area (Å²) in [7, 11) is 0. The second kappa shape index (κ2) is 4.96. The van der Waals surface area contributed by atoms with E-state index in [0.29, 0.717) is 0 Å². The van der Waals surface area contributed by atoms with Crippen molar-refractivity contribution in [3.05, 3.63) is 12.2 Å². The third-order valence-electron chi connectivity index (χ3n) is 4.39. The Morgan fingerprint density at radius 2 is 1.58 bits per heavy atom. The van der Waals surface area contributed by atoms with Gasteiger partial charge in [0.05, 0.1) is 18.1 Å². The van der Waals surface area contributed by atoms with Crippen molar-refractivity contribution >= 4 is 11.9 Å². The molecule has 104 valence electrons. The monoisotopic (exact) mass is 265 g/mol. The number of carboxylic acid groups (broad SMARTS) is 1. The highest BCUT2D eigenvalue weighted by atomic mass is 16.5. The van der Waals surface area contributed by atoms with E-state index >= 15 is 0 Å². The first-order valence-electron chi connectivity index (χ1n) is 7.04. The summed E-state index contributed by atoms with van der Waals surface area (Å²) in [5.74, 6) is -2.22. The number of hydrogen-bond donors (Lipinski definition) is 1. The first kappa shape index (κ1) is 12.7. The number of aliphatic carboxylic acids is 1. The Morgan fingerprint density at radius 3 is 2.16 bits per heavy atom. The second-order valence-electron chi connectivity index (χ2n) is 5.58. The normalized spacial score (nSPS) is 37.4. The number of likely N-dealkylation sites (tertiary alicyclic amines) is 1. The summed E-state index contributed by atoms with van der Waals surface area (Å²) in [6, 6.07) is 0. The van der Waals surface area contributed by atoms with Gasteiger partial charge in [0, 0.05) is 13.1 Å². The van der Waals surface area contributed by atoms with Gasteiger partial charge >= 0.3 is 5.97 Å². The predicted molar refractivity (Wildman–Crippen MR) is 67.5 cm³/mol. The molecule has 3 rings (SSSR count). The number of rotatable bonds is 2. The fourth-order valence-electron chi connectivity index (χ4n) is 3.40. The lowest BCUT2D eigenvalue weighted by molar-refractivity contribution is -0.149. The number of carbonyl (C=O) groups excluding carboxylic acids is 1. The molecule has 3 aliphatic rings. The van der Waals surface area contributed by atoms with Crippen LogP contribution in [0.1, 0.15) is 25.7 Å². The first-order valence-corrected chi connectivity index (χ1v) is 7.04. The molecule has 0 unspecified atom stereocenters. The van der Waals surface area contributed by atoms with Gasteiger partial charge < -0.3 is 14.7 Å². The average molecular weight is 265 g/mol. The number of hydrogen-bond acceptors (Lipinski definition) is 3. The van der Waals surface area contributed by atoms with Gasteiger partial charge in [-0.2, -0.15) is 0 Å². The zero-order valence-electron chi connectivity index (χ0n) is 10.8. The molecule has 2 saturated heterocycles. The van der Waals surface area contributed by atoms with Crippen LogP contribution in [-0.2, 0) is 14.3 Å². The summed E-state index contributed by atoms with van der Waals surface area (Å²) in [4.78, 5) is 25.8. The van der Waals surface area contributed by atoms with E-state index < -0.39 is 23.9 Å². The molecule has 1 amide bonds. The Bertz CT molecular complexity index is 412. The van der Waals surface area contributed by atoms with Crippen molar-refractivity contribution < 1.29 is 19.4 Å². The van der Waals surface area contributed by atoms with Gasteiger partial charge in [0.1, 0.15) is 5.92 Å². The molecule has 2 bridgehead atoms. The highest BCUT2D eigenvalue weighted by Gasteiger charge is 2.54. The maximum Gasteiger partial charge on any atom is 0.310 e. The van der Waals surface area contributed by atoms with E-state index in [9.17, 15) is 14.7 Å². The Balaban J connectivity index is 1.78. The zero-order valence-corrected chi connectivity index (χ0v) is 10.8. The molecule has 0 spiro atoms. The molecule has 0 aromatic carbocycles. The van der Waals surface area contributed by atoms with Crippen LogP contribution in [0, 0.1) is 11.8 Å². The van der Waals surface area contributed by atoms with Crippen molar-refractivity contribution in [2.24, 2.45) is 11.8 Å². The number of ether oxygens (including phenoxy) is 1. The molecule has 19 heavy (non-hydrogen) atoms. The second-order valence-corrected chi connectivity index (χ2v) is 5.58. The molecule has 3 heterocycles.